The van der Waals surface area contributed by atoms with Crippen molar-refractivity contribution in [3.8, 4) is 33.6 Å². The van der Waals surface area contributed by atoms with Crippen molar-refractivity contribution in [2.75, 3.05) is 0 Å². The number of fused-ring (bicyclic) bond motifs is 22. The number of thiophene rings is 1. The van der Waals surface area contributed by atoms with Gasteiger partial charge < -0.3 is 9.13 Å². The topological polar surface area (TPSA) is 22.8 Å². The molecule has 2 aliphatic carbocycles. The van der Waals surface area contributed by atoms with Crippen molar-refractivity contribution in [3.05, 3.63) is 210 Å². The van der Waals surface area contributed by atoms with E-state index in [2.05, 4.69) is 191 Å². The summed E-state index contributed by atoms with van der Waals surface area (Å²) >= 11 is 1.82. The summed E-state index contributed by atoms with van der Waals surface area (Å²) in [6.45, 7) is 0. The van der Waals surface area contributed by atoms with Gasteiger partial charge >= 0.3 is 0 Å². The molecule has 0 N–H and O–H groups in total. The average molecular weight is 754 g/mol. The largest absolute Gasteiger partial charge is 0.308 e. The maximum absolute atomic E-state index is 5.00. The van der Waals surface area contributed by atoms with E-state index in [1.54, 1.807) is 0 Å². The van der Waals surface area contributed by atoms with Crippen LogP contribution in [0.5, 0.6) is 0 Å². The van der Waals surface area contributed by atoms with Crippen LogP contribution >= 0.6 is 11.3 Å². The van der Waals surface area contributed by atoms with Crippen LogP contribution in [0.25, 0.3) is 97.5 Å². The zero-order chi connectivity index (χ0) is 37.7. The van der Waals surface area contributed by atoms with E-state index in [1.807, 2.05) is 17.5 Å². The predicted molar refractivity (Wildman–Crippen MR) is 242 cm³/mol. The van der Waals surface area contributed by atoms with E-state index in [-0.39, 0.29) is 0 Å². The first-order valence-corrected chi connectivity index (χ1v) is 20.8. The van der Waals surface area contributed by atoms with Crippen LogP contribution in [0.15, 0.2) is 188 Å². The Kier molecular flexibility index (Phi) is 5.85. The molecular weight excluding hydrogens is 723 g/mol. The Bertz CT molecular complexity index is 3690. The summed E-state index contributed by atoms with van der Waals surface area (Å²) in [6.07, 6.45) is 1.93. The molecule has 1 spiro atoms. The lowest BCUT2D eigenvalue weighted by Crippen LogP contribution is -2.26. The molecule has 14 rings (SSSR count). The minimum absolute atomic E-state index is 0.435. The molecule has 0 amide bonds. The third-order valence-corrected chi connectivity index (χ3v) is 14.3. The number of aromatic nitrogens is 3. The van der Waals surface area contributed by atoms with Gasteiger partial charge in [0.2, 0.25) is 0 Å². The van der Waals surface area contributed by atoms with Crippen LogP contribution in [0.1, 0.15) is 22.3 Å². The van der Waals surface area contributed by atoms with Crippen molar-refractivity contribution >= 4 is 75.3 Å². The Morgan fingerprint density at radius 3 is 1.55 bits per heavy atom. The van der Waals surface area contributed by atoms with Gasteiger partial charge in [0, 0.05) is 54.6 Å². The standard InChI is InChI=1S/C54H31N3S/c1-2-15-32(16-3-1)56-46-27-13-8-21-39(46)48-50(56)47-38-20-7-12-26-45(38)57(51(47)49-40-22-14-30-55-53(40)58-52(48)49)33-28-29-37-36-19-6-11-25-43(36)54(44(37)31-33)41-23-9-4-17-34(41)35-18-5-10-24-42(35)54/h1-31H. The van der Waals surface area contributed by atoms with Gasteiger partial charge in [0.15, 0.2) is 0 Å². The van der Waals surface area contributed by atoms with Crippen molar-refractivity contribution in [2.45, 2.75) is 5.41 Å². The quantitative estimate of drug-likeness (QED) is 0.172. The van der Waals surface area contributed by atoms with Gasteiger partial charge in [-0.1, -0.05) is 133 Å². The molecule has 0 fully saturated rings. The lowest BCUT2D eigenvalue weighted by Gasteiger charge is -2.30. The second-order valence-electron chi connectivity index (χ2n) is 15.8. The van der Waals surface area contributed by atoms with Crippen molar-refractivity contribution in [1.82, 2.24) is 14.1 Å². The molecule has 2 aliphatic rings. The molecule has 0 bridgehead atoms. The Hall–Kier alpha value is -7.27. The van der Waals surface area contributed by atoms with Gasteiger partial charge in [-0.3, -0.25) is 0 Å². The summed E-state index contributed by atoms with van der Waals surface area (Å²) in [5.41, 5.74) is 17.4. The smallest absolute Gasteiger partial charge is 0.124 e. The molecule has 4 heteroatoms. The number of rotatable bonds is 2. The molecule has 0 atom stereocenters. The van der Waals surface area contributed by atoms with Gasteiger partial charge in [-0.25, -0.2) is 4.98 Å². The number of pyridine rings is 1. The molecule has 0 saturated carbocycles. The number of para-hydroxylation sites is 3. The minimum atomic E-state index is -0.435. The van der Waals surface area contributed by atoms with Crippen molar-refractivity contribution in [3.63, 3.8) is 0 Å². The van der Waals surface area contributed by atoms with Crippen LogP contribution in [0, 0.1) is 0 Å². The zero-order valence-corrected chi connectivity index (χ0v) is 32.0. The molecule has 4 aromatic heterocycles. The fraction of sp³-hybridized carbons (Fsp3) is 0.0185. The van der Waals surface area contributed by atoms with Gasteiger partial charge in [0.1, 0.15) is 4.83 Å². The van der Waals surface area contributed by atoms with Crippen molar-refractivity contribution in [1.29, 1.82) is 0 Å². The molecule has 0 unspecified atom stereocenters. The highest BCUT2D eigenvalue weighted by Crippen LogP contribution is 2.63. The zero-order valence-electron chi connectivity index (χ0n) is 31.1. The van der Waals surface area contributed by atoms with E-state index in [4.69, 9.17) is 4.98 Å². The highest BCUT2D eigenvalue weighted by Gasteiger charge is 2.51. The van der Waals surface area contributed by atoms with Gasteiger partial charge in [-0.2, -0.15) is 0 Å². The molecule has 8 aromatic carbocycles. The monoisotopic (exact) mass is 753 g/mol. The fourth-order valence-corrected chi connectivity index (χ4v) is 12.3. The highest BCUT2D eigenvalue weighted by molar-refractivity contribution is 7.26. The molecule has 0 aliphatic heterocycles. The minimum Gasteiger partial charge on any atom is -0.308 e. The Balaban J connectivity index is 1.20. The molecular formula is C54H31N3S. The predicted octanol–water partition coefficient (Wildman–Crippen LogP) is 14.0. The summed E-state index contributed by atoms with van der Waals surface area (Å²) in [7, 11) is 0. The Labute approximate surface area is 337 Å². The molecule has 268 valence electrons. The molecule has 12 aromatic rings. The number of nitrogens with zero attached hydrogens (tertiary/aromatic N) is 3. The first kappa shape index (κ1) is 30.9. The summed E-state index contributed by atoms with van der Waals surface area (Å²) < 4.78 is 6.35. The van der Waals surface area contributed by atoms with Gasteiger partial charge in [0.25, 0.3) is 0 Å². The van der Waals surface area contributed by atoms with Gasteiger partial charge in [0.05, 0.1) is 27.5 Å². The van der Waals surface area contributed by atoms with Crippen LogP contribution in [-0.4, -0.2) is 14.1 Å². The molecule has 4 heterocycles. The normalized spacial score (nSPS) is 13.7. The summed E-state index contributed by atoms with van der Waals surface area (Å²) in [5, 5.41) is 7.50. The maximum Gasteiger partial charge on any atom is 0.124 e. The third kappa shape index (κ3) is 3.59. The SMILES string of the molecule is c1ccc(-n2c3ccccc3c3c4sc5ncccc5c4c4c(c5ccccc5n4-c4ccc5c(c4)C4(c6ccccc6-c6ccccc64)c4ccccc4-5)c32)cc1. The summed E-state index contributed by atoms with van der Waals surface area (Å²) in [4.78, 5) is 6.05. The van der Waals surface area contributed by atoms with Crippen LogP contribution in [0.4, 0.5) is 0 Å². The van der Waals surface area contributed by atoms with Crippen molar-refractivity contribution < 1.29 is 0 Å². The number of benzene rings is 8. The molecule has 0 saturated heterocycles. The maximum atomic E-state index is 5.00. The summed E-state index contributed by atoms with van der Waals surface area (Å²) in [6, 6.07) is 67.7. The average Bonchev–Trinajstić information content (AvgIpc) is 4.07. The van der Waals surface area contributed by atoms with E-state index in [9.17, 15) is 0 Å². The van der Waals surface area contributed by atoms with Gasteiger partial charge in [-0.05, 0) is 93.0 Å². The van der Waals surface area contributed by atoms with E-state index < -0.39 is 5.41 Å². The van der Waals surface area contributed by atoms with Crippen LogP contribution in [-0.2, 0) is 5.41 Å². The van der Waals surface area contributed by atoms with E-state index in [1.165, 1.54) is 104 Å². The Morgan fingerprint density at radius 2 is 0.897 bits per heavy atom. The third-order valence-electron chi connectivity index (χ3n) is 13.2. The van der Waals surface area contributed by atoms with Crippen LogP contribution in [0.3, 0.4) is 0 Å². The highest BCUT2D eigenvalue weighted by atomic mass is 32.1. The number of hydrogen-bond donors (Lipinski definition) is 0. The first-order valence-electron chi connectivity index (χ1n) is 20.0. The van der Waals surface area contributed by atoms with Crippen molar-refractivity contribution in [2.24, 2.45) is 0 Å². The second-order valence-corrected chi connectivity index (χ2v) is 16.8. The molecule has 58 heavy (non-hydrogen) atoms. The van der Waals surface area contributed by atoms with Gasteiger partial charge in [-0.15, -0.1) is 11.3 Å². The van der Waals surface area contributed by atoms with E-state index in [0.717, 1.165) is 16.2 Å². The van der Waals surface area contributed by atoms with Crippen LogP contribution in [0.2, 0.25) is 0 Å². The lowest BCUT2D eigenvalue weighted by molar-refractivity contribution is 0.792. The molecule has 0 radical (unpaired) electrons. The van der Waals surface area contributed by atoms with E-state index >= 15 is 0 Å². The van der Waals surface area contributed by atoms with Crippen LogP contribution < -0.4 is 0 Å². The second kappa shape index (κ2) is 11.0. The number of hydrogen-bond acceptors (Lipinski definition) is 2. The van der Waals surface area contributed by atoms with E-state index in [0.29, 0.717) is 0 Å². The lowest BCUT2D eigenvalue weighted by atomic mass is 9.70. The Morgan fingerprint density at radius 1 is 0.397 bits per heavy atom. The molecule has 3 nitrogen and oxygen atoms in total. The fourth-order valence-electron chi connectivity index (χ4n) is 11.1. The first-order chi connectivity index (χ1) is 28.8. The summed E-state index contributed by atoms with van der Waals surface area (Å²) in [5.74, 6) is 0.